The molecule has 0 fully saturated rings. The van der Waals surface area contributed by atoms with Crippen molar-refractivity contribution >= 4 is 33.5 Å². The normalized spacial score (nSPS) is 11.2. The van der Waals surface area contributed by atoms with Crippen molar-refractivity contribution in [3.63, 3.8) is 0 Å². The van der Waals surface area contributed by atoms with Crippen molar-refractivity contribution in [1.82, 2.24) is 9.55 Å². The molecule has 0 unspecified atom stereocenters. The largest absolute Gasteiger partial charge is 0.478 e. The number of thiophene rings is 1. The fraction of sp³-hybridized carbons (Fsp3) is 0.222. The zero-order valence-corrected chi connectivity index (χ0v) is 14.9. The van der Waals surface area contributed by atoms with Crippen molar-refractivity contribution in [1.29, 1.82) is 0 Å². The Kier molecular flexibility index (Phi) is 4.60. The van der Waals surface area contributed by atoms with Gasteiger partial charge in [-0.05, 0) is 17.7 Å². The highest BCUT2D eigenvalue weighted by Gasteiger charge is 2.21. The molecule has 8 heteroatoms. The van der Waals surface area contributed by atoms with E-state index in [4.69, 9.17) is 5.11 Å². The van der Waals surface area contributed by atoms with Crippen LogP contribution in [0.15, 0.2) is 34.4 Å². The van der Waals surface area contributed by atoms with Gasteiger partial charge >= 0.3 is 11.9 Å². The van der Waals surface area contributed by atoms with Crippen molar-refractivity contribution in [3.8, 4) is 0 Å². The van der Waals surface area contributed by atoms with Crippen LogP contribution in [-0.4, -0.2) is 31.7 Å². The number of aromatic nitrogens is 2. The van der Waals surface area contributed by atoms with Gasteiger partial charge in [-0.15, -0.1) is 11.3 Å². The Morgan fingerprint density at radius 1 is 1.23 bits per heavy atom. The van der Waals surface area contributed by atoms with E-state index in [0.717, 1.165) is 11.3 Å². The van der Waals surface area contributed by atoms with Gasteiger partial charge in [0.25, 0.3) is 5.56 Å². The number of carboxylic acid groups (broad SMARTS) is 2. The summed E-state index contributed by atoms with van der Waals surface area (Å²) >= 11 is 1.13. The third kappa shape index (κ3) is 3.11. The molecule has 0 saturated carbocycles. The molecule has 7 nitrogen and oxygen atoms in total. The van der Waals surface area contributed by atoms with Crippen LogP contribution >= 0.6 is 11.3 Å². The molecule has 0 saturated heterocycles. The molecule has 3 rings (SSSR count). The predicted octanol–water partition coefficient (Wildman–Crippen LogP) is 3.03. The first kappa shape index (κ1) is 17.8. The quantitative estimate of drug-likeness (QED) is 0.712. The van der Waals surface area contributed by atoms with E-state index >= 15 is 0 Å². The summed E-state index contributed by atoms with van der Waals surface area (Å²) in [6, 6.07) is 6.30. The lowest BCUT2D eigenvalue weighted by molar-refractivity contribution is 0.0687. The first-order chi connectivity index (χ1) is 12.3. The molecule has 2 heterocycles. The minimum absolute atomic E-state index is 0.0640. The molecule has 0 amide bonds. The second-order valence-electron chi connectivity index (χ2n) is 6.16. The lowest BCUT2D eigenvalue weighted by Crippen LogP contribution is -2.27. The van der Waals surface area contributed by atoms with Crippen LogP contribution in [0, 0.1) is 0 Å². The zero-order valence-electron chi connectivity index (χ0n) is 14.1. The molecular formula is C18H16N2O5S. The van der Waals surface area contributed by atoms with Crippen molar-refractivity contribution in [2.75, 3.05) is 0 Å². The van der Waals surface area contributed by atoms with Crippen LogP contribution < -0.4 is 5.56 Å². The molecule has 134 valence electrons. The molecule has 0 radical (unpaired) electrons. The fourth-order valence-electron chi connectivity index (χ4n) is 2.78. The molecule has 0 spiro atoms. The van der Waals surface area contributed by atoms with Gasteiger partial charge in [-0.1, -0.05) is 26.0 Å². The zero-order chi connectivity index (χ0) is 19.0. The van der Waals surface area contributed by atoms with Gasteiger partial charge in [-0.2, -0.15) is 0 Å². The summed E-state index contributed by atoms with van der Waals surface area (Å²) < 4.78 is 1.42. The smallest absolute Gasteiger partial charge is 0.337 e. The molecule has 0 bridgehead atoms. The number of aromatic carboxylic acids is 2. The Morgan fingerprint density at radius 3 is 2.58 bits per heavy atom. The summed E-state index contributed by atoms with van der Waals surface area (Å²) in [6.45, 7) is 3.90. The summed E-state index contributed by atoms with van der Waals surface area (Å²) in [7, 11) is 0. The van der Waals surface area contributed by atoms with E-state index < -0.39 is 17.5 Å². The number of benzene rings is 1. The van der Waals surface area contributed by atoms with E-state index in [1.807, 2.05) is 13.8 Å². The van der Waals surface area contributed by atoms with Gasteiger partial charge in [-0.25, -0.2) is 14.6 Å². The Labute approximate surface area is 152 Å². The summed E-state index contributed by atoms with van der Waals surface area (Å²) in [4.78, 5) is 40.5. The van der Waals surface area contributed by atoms with Crippen LogP contribution in [0.4, 0.5) is 0 Å². The SMILES string of the molecule is CC(C)c1nc2scc(C(=O)O)c2c(=O)n1Cc1cccc(C(=O)O)c1. The first-order valence-electron chi connectivity index (χ1n) is 7.87. The first-order valence-corrected chi connectivity index (χ1v) is 8.75. The number of fused-ring (bicyclic) bond motifs is 1. The highest BCUT2D eigenvalue weighted by molar-refractivity contribution is 7.17. The van der Waals surface area contributed by atoms with Crippen molar-refractivity contribution in [3.05, 3.63) is 62.5 Å². The van der Waals surface area contributed by atoms with E-state index in [1.165, 1.54) is 22.1 Å². The van der Waals surface area contributed by atoms with E-state index in [-0.39, 0.29) is 29.0 Å². The number of hydrogen-bond donors (Lipinski definition) is 2. The maximum Gasteiger partial charge on any atom is 0.337 e. The number of rotatable bonds is 5. The van der Waals surface area contributed by atoms with Crippen LogP contribution in [0.5, 0.6) is 0 Å². The lowest BCUT2D eigenvalue weighted by Gasteiger charge is -2.15. The molecule has 0 aliphatic heterocycles. The average Bonchev–Trinajstić information content (AvgIpc) is 3.01. The summed E-state index contributed by atoms with van der Waals surface area (Å²) in [5.74, 6) is -1.76. The van der Waals surface area contributed by atoms with Gasteiger partial charge in [-0.3, -0.25) is 9.36 Å². The molecule has 2 N–H and O–H groups in total. The van der Waals surface area contributed by atoms with Gasteiger partial charge in [0.2, 0.25) is 0 Å². The Bertz CT molecular complexity index is 1080. The van der Waals surface area contributed by atoms with Gasteiger partial charge in [0.1, 0.15) is 10.7 Å². The minimum Gasteiger partial charge on any atom is -0.478 e. The third-order valence-electron chi connectivity index (χ3n) is 3.98. The monoisotopic (exact) mass is 372 g/mol. The molecule has 26 heavy (non-hydrogen) atoms. The number of carboxylic acids is 2. The predicted molar refractivity (Wildman–Crippen MR) is 97.4 cm³/mol. The van der Waals surface area contributed by atoms with E-state index in [9.17, 15) is 19.5 Å². The average molecular weight is 372 g/mol. The van der Waals surface area contributed by atoms with Crippen LogP contribution in [0.1, 0.15) is 51.9 Å². The molecule has 0 aliphatic rings. The Hall–Kier alpha value is -3.00. The summed E-state index contributed by atoms with van der Waals surface area (Å²) in [6.07, 6.45) is 0. The highest BCUT2D eigenvalue weighted by Crippen LogP contribution is 2.24. The fourth-order valence-corrected chi connectivity index (χ4v) is 3.69. The molecular weight excluding hydrogens is 356 g/mol. The van der Waals surface area contributed by atoms with E-state index in [2.05, 4.69) is 4.98 Å². The van der Waals surface area contributed by atoms with Crippen molar-refractivity contribution in [2.24, 2.45) is 0 Å². The van der Waals surface area contributed by atoms with Gasteiger partial charge in [0.15, 0.2) is 0 Å². The van der Waals surface area contributed by atoms with Gasteiger partial charge < -0.3 is 10.2 Å². The van der Waals surface area contributed by atoms with Crippen LogP contribution in [0.3, 0.4) is 0 Å². The van der Waals surface area contributed by atoms with E-state index in [0.29, 0.717) is 16.2 Å². The number of carbonyl (C=O) groups is 2. The third-order valence-corrected chi connectivity index (χ3v) is 4.86. The molecule has 2 aromatic heterocycles. The summed E-state index contributed by atoms with van der Waals surface area (Å²) in [5.41, 5.74) is 0.253. The van der Waals surface area contributed by atoms with E-state index in [1.54, 1.807) is 12.1 Å². The second-order valence-corrected chi connectivity index (χ2v) is 7.01. The maximum absolute atomic E-state index is 13.0. The van der Waals surface area contributed by atoms with Gasteiger partial charge in [0, 0.05) is 11.3 Å². The second kappa shape index (κ2) is 6.72. The van der Waals surface area contributed by atoms with Crippen LogP contribution in [0.25, 0.3) is 10.2 Å². The molecule has 3 aromatic rings. The number of hydrogen-bond acceptors (Lipinski definition) is 5. The molecule has 0 atom stereocenters. The summed E-state index contributed by atoms with van der Waals surface area (Å²) in [5, 5.41) is 20.0. The van der Waals surface area contributed by atoms with Crippen LogP contribution in [0.2, 0.25) is 0 Å². The van der Waals surface area contributed by atoms with Crippen molar-refractivity contribution < 1.29 is 19.8 Å². The molecule has 0 aliphatic carbocycles. The Morgan fingerprint density at radius 2 is 1.96 bits per heavy atom. The Balaban J connectivity index is 2.22. The van der Waals surface area contributed by atoms with Crippen LogP contribution in [-0.2, 0) is 6.54 Å². The lowest BCUT2D eigenvalue weighted by atomic mass is 10.1. The standard InChI is InChI=1S/C18H16N2O5S/c1-9(2)14-19-15-13(12(8-26-15)18(24)25)16(21)20(14)7-10-4-3-5-11(6-10)17(22)23/h3-6,8-9H,7H2,1-2H3,(H,22,23)(H,24,25). The van der Waals surface area contributed by atoms with Gasteiger partial charge in [0.05, 0.1) is 23.1 Å². The minimum atomic E-state index is -1.17. The highest BCUT2D eigenvalue weighted by atomic mass is 32.1. The van der Waals surface area contributed by atoms with Crippen molar-refractivity contribution in [2.45, 2.75) is 26.3 Å². The topological polar surface area (TPSA) is 109 Å². The maximum atomic E-state index is 13.0. The number of nitrogens with zero attached hydrogens (tertiary/aromatic N) is 2. The molecule has 1 aromatic carbocycles.